The predicted octanol–water partition coefficient (Wildman–Crippen LogP) is 4.81. The summed E-state index contributed by atoms with van der Waals surface area (Å²) in [5.74, 6) is 0. The molecule has 0 aliphatic carbocycles. The lowest BCUT2D eigenvalue weighted by Gasteiger charge is -2.08. The zero-order valence-corrected chi connectivity index (χ0v) is 10.6. The summed E-state index contributed by atoms with van der Waals surface area (Å²) in [6.07, 6.45) is 5.71. The van der Waals surface area contributed by atoms with E-state index in [9.17, 15) is 0 Å². The quantitative estimate of drug-likeness (QED) is 0.651. The van der Waals surface area contributed by atoms with Crippen molar-refractivity contribution in [3.05, 3.63) is 85.0 Å². The summed E-state index contributed by atoms with van der Waals surface area (Å²) < 4.78 is 0. The molecule has 0 aliphatic heterocycles. The normalized spacial score (nSPS) is 10.0. The molecular weight excluding hydrogens is 216 g/mol. The van der Waals surface area contributed by atoms with Crippen molar-refractivity contribution in [2.24, 2.45) is 0 Å². The van der Waals surface area contributed by atoms with E-state index in [2.05, 4.69) is 55.6 Å². The van der Waals surface area contributed by atoms with Gasteiger partial charge in [0.05, 0.1) is 0 Å². The molecule has 0 unspecified atom stereocenters. The van der Waals surface area contributed by atoms with Gasteiger partial charge in [0.1, 0.15) is 0 Å². The molecule has 0 nitrogen and oxygen atoms in total. The molecule has 2 aromatic rings. The highest BCUT2D eigenvalue weighted by atomic mass is 14.1. The first-order valence-corrected chi connectivity index (χ1v) is 6.23. The highest BCUT2D eigenvalue weighted by Gasteiger charge is 2.02. The first kappa shape index (κ1) is 12.4. The Morgan fingerprint density at radius 1 is 0.722 bits per heavy atom. The lowest BCUT2D eigenvalue weighted by atomic mass is 9.97. The third-order valence-corrected chi connectivity index (χ3v) is 2.92. The molecule has 0 N–H and O–H groups in total. The summed E-state index contributed by atoms with van der Waals surface area (Å²) in [6.45, 7) is 7.63. The van der Waals surface area contributed by atoms with Gasteiger partial charge in [-0.15, -0.1) is 13.2 Å². The SMILES string of the molecule is C=CCc1cc(CC=C)cc(-c2ccccc2)c1. The zero-order valence-electron chi connectivity index (χ0n) is 10.6. The van der Waals surface area contributed by atoms with Crippen molar-refractivity contribution in [3.8, 4) is 11.1 Å². The van der Waals surface area contributed by atoms with Crippen LogP contribution in [-0.4, -0.2) is 0 Å². The van der Waals surface area contributed by atoms with Crippen LogP contribution in [0, 0.1) is 0 Å². The first-order chi connectivity index (χ1) is 8.83. The second-order valence-corrected chi connectivity index (χ2v) is 4.39. The van der Waals surface area contributed by atoms with Gasteiger partial charge in [0.15, 0.2) is 0 Å². The molecule has 0 heteroatoms. The smallest absolute Gasteiger partial charge is 0.00998 e. The van der Waals surface area contributed by atoms with E-state index >= 15 is 0 Å². The van der Waals surface area contributed by atoms with Gasteiger partial charge in [-0.1, -0.05) is 60.7 Å². The van der Waals surface area contributed by atoms with Gasteiger partial charge in [0.25, 0.3) is 0 Å². The van der Waals surface area contributed by atoms with E-state index in [4.69, 9.17) is 0 Å². The molecule has 0 spiro atoms. The van der Waals surface area contributed by atoms with Crippen LogP contribution in [0.2, 0.25) is 0 Å². The highest BCUT2D eigenvalue weighted by Crippen LogP contribution is 2.23. The number of hydrogen-bond acceptors (Lipinski definition) is 0. The standard InChI is InChI=1S/C18H18/c1-3-8-15-12-16(9-4-2)14-18(13-15)17-10-6-5-7-11-17/h3-7,10-14H,1-2,8-9H2. The Kier molecular flexibility index (Phi) is 4.14. The summed E-state index contributed by atoms with van der Waals surface area (Å²) in [5, 5.41) is 0. The van der Waals surface area contributed by atoms with Crippen LogP contribution in [0.25, 0.3) is 11.1 Å². The predicted molar refractivity (Wildman–Crippen MR) is 79.7 cm³/mol. The summed E-state index contributed by atoms with van der Waals surface area (Å²) in [7, 11) is 0. The molecule has 0 aromatic heterocycles. The summed E-state index contributed by atoms with van der Waals surface area (Å²) in [4.78, 5) is 0. The molecule has 0 bridgehead atoms. The minimum atomic E-state index is 0.908. The van der Waals surface area contributed by atoms with E-state index in [0.717, 1.165) is 12.8 Å². The molecule has 0 saturated carbocycles. The maximum Gasteiger partial charge on any atom is -0.00998 e. The third kappa shape index (κ3) is 2.98. The Morgan fingerprint density at radius 3 is 1.78 bits per heavy atom. The van der Waals surface area contributed by atoms with Gasteiger partial charge < -0.3 is 0 Å². The van der Waals surface area contributed by atoms with E-state index < -0.39 is 0 Å². The number of benzene rings is 2. The average molecular weight is 234 g/mol. The van der Waals surface area contributed by atoms with Crippen LogP contribution in [0.4, 0.5) is 0 Å². The van der Waals surface area contributed by atoms with Crippen LogP contribution in [0.15, 0.2) is 73.8 Å². The topological polar surface area (TPSA) is 0 Å². The van der Waals surface area contributed by atoms with Crippen LogP contribution >= 0.6 is 0 Å². The monoisotopic (exact) mass is 234 g/mol. The van der Waals surface area contributed by atoms with Gasteiger partial charge in [0, 0.05) is 0 Å². The highest BCUT2D eigenvalue weighted by molar-refractivity contribution is 5.65. The van der Waals surface area contributed by atoms with Crippen LogP contribution < -0.4 is 0 Å². The molecule has 0 amide bonds. The third-order valence-electron chi connectivity index (χ3n) is 2.92. The van der Waals surface area contributed by atoms with Gasteiger partial charge in [-0.2, -0.15) is 0 Å². The second-order valence-electron chi connectivity index (χ2n) is 4.39. The average Bonchev–Trinajstić information content (AvgIpc) is 2.40. The van der Waals surface area contributed by atoms with Gasteiger partial charge in [-0.3, -0.25) is 0 Å². The van der Waals surface area contributed by atoms with E-state index in [1.807, 2.05) is 18.2 Å². The number of rotatable bonds is 5. The summed E-state index contributed by atoms with van der Waals surface area (Å²) >= 11 is 0. The minimum Gasteiger partial charge on any atom is -0.103 e. The van der Waals surface area contributed by atoms with Gasteiger partial charge in [-0.05, 0) is 35.1 Å². The Bertz CT molecular complexity index is 507. The molecule has 2 aromatic carbocycles. The molecule has 0 saturated heterocycles. The molecule has 0 radical (unpaired) electrons. The van der Waals surface area contributed by atoms with Crippen LogP contribution in [0.1, 0.15) is 11.1 Å². The van der Waals surface area contributed by atoms with Crippen molar-refractivity contribution in [2.45, 2.75) is 12.8 Å². The zero-order chi connectivity index (χ0) is 12.8. The molecular formula is C18H18. The lowest BCUT2D eigenvalue weighted by molar-refractivity contribution is 1.21. The van der Waals surface area contributed by atoms with Gasteiger partial charge in [0.2, 0.25) is 0 Å². The summed E-state index contributed by atoms with van der Waals surface area (Å²) in [6, 6.07) is 17.2. The van der Waals surface area contributed by atoms with Gasteiger partial charge >= 0.3 is 0 Å². The fraction of sp³-hybridized carbons (Fsp3) is 0.111. The van der Waals surface area contributed by atoms with Gasteiger partial charge in [-0.25, -0.2) is 0 Å². The van der Waals surface area contributed by atoms with Crippen LogP contribution in [0.5, 0.6) is 0 Å². The molecule has 0 heterocycles. The van der Waals surface area contributed by atoms with Crippen molar-refractivity contribution in [3.63, 3.8) is 0 Å². The van der Waals surface area contributed by atoms with E-state index in [-0.39, 0.29) is 0 Å². The van der Waals surface area contributed by atoms with E-state index in [1.54, 1.807) is 0 Å². The molecule has 0 fully saturated rings. The van der Waals surface area contributed by atoms with E-state index in [1.165, 1.54) is 22.3 Å². The molecule has 0 atom stereocenters. The fourth-order valence-electron chi connectivity index (χ4n) is 2.13. The second kappa shape index (κ2) is 6.02. The fourth-order valence-corrected chi connectivity index (χ4v) is 2.13. The minimum absolute atomic E-state index is 0.908. The molecule has 2 rings (SSSR count). The Labute approximate surface area is 109 Å². The van der Waals surface area contributed by atoms with E-state index in [0.29, 0.717) is 0 Å². The number of hydrogen-bond donors (Lipinski definition) is 0. The Balaban J connectivity index is 2.45. The van der Waals surface area contributed by atoms with Crippen molar-refractivity contribution in [1.29, 1.82) is 0 Å². The summed E-state index contributed by atoms with van der Waals surface area (Å²) in [5.41, 5.74) is 5.15. The molecule has 0 aliphatic rings. The van der Waals surface area contributed by atoms with Crippen molar-refractivity contribution in [1.82, 2.24) is 0 Å². The van der Waals surface area contributed by atoms with Crippen molar-refractivity contribution < 1.29 is 0 Å². The largest absolute Gasteiger partial charge is 0.103 e. The molecule has 18 heavy (non-hydrogen) atoms. The van der Waals surface area contributed by atoms with Crippen molar-refractivity contribution >= 4 is 0 Å². The Hall–Kier alpha value is -2.08. The van der Waals surface area contributed by atoms with Crippen LogP contribution in [0.3, 0.4) is 0 Å². The maximum absolute atomic E-state index is 3.81. The lowest BCUT2D eigenvalue weighted by Crippen LogP contribution is -1.89. The first-order valence-electron chi connectivity index (χ1n) is 6.23. The van der Waals surface area contributed by atoms with Crippen LogP contribution in [-0.2, 0) is 12.8 Å². The Morgan fingerprint density at radius 2 is 1.28 bits per heavy atom. The number of allylic oxidation sites excluding steroid dienone is 2. The van der Waals surface area contributed by atoms with Crippen molar-refractivity contribution in [2.75, 3.05) is 0 Å². The molecule has 90 valence electrons. The maximum atomic E-state index is 3.81.